The first kappa shape index (κ1) is 13.2. The lowest BCUT2D eigenvalue weighted by Crippen LogP contribution is -2.31. The molecule has 20 heavy (non-hydrogen) atoms. The fourth-order valence-electron chi connectivity index (χ4n) is 2.79. The molecule has 2 aromatic rings. The van der Waals surface area contributed by atoms with Gasteiger partial charge < -0.3 is 5.32 Å². The SMILES string of the molecule is CNC1CCN(C(C)c2cccc(-n3cnnn3)c2)C1. The predicted octanol–water partition coefficient (Wildman–Crippen LogP) is 1.02. The molecule has 0 bridgehead atoms. The van der Waals surface area contributed by atoms with E-state index >= 15 is 0 Å². The summed E-state index contributed by atoms with van der Waals surface area (Å²) in [5, 5.41) is 14.7. The number of hydrogen-bond donors (Lipinski definition) is 1. The van der Waals surface area contributed by atoms with Crippen LogP contribution < -0.4 is 5.32 Å². The van der Waals surface area contributed by atoms with Gasteiger partial charge in [-0.05, 0) is 48.5 Å². The minimum atomic E-state index is 0.407. The van der Waals surface area contributed by atoms with Crippen molar-refractivity contribution >= 4 is 0 Å². The molecule has 6 nitrogen and oxygen atoms in total. The van der Waals surface area contributed by atoms with Crippen molar-refractivity contribution < 1.29 is 0 Å². The van der Waals surface area contributed by atoms with Gasteiger partial charge in [0.2, 0.25) is 0 Å². The fraction of sp³-hybridized carbons (Fsp3) is 0.500. The maximum atomic E-state index is 3.94. The molecule has 1 N–H and O–H groups in total. The van der Waals surface area contributed by atoms with Crippen LogP contribution in [0.5, 0.6) is 0 Å². The quantitative estimate of drug-likeness (QED) is 0.900. The Morgan fingerprint density at radius 2 is 2.30 bits per heavy atom. The molecule has 0 spiro atoms. The molecule has 3 rings (SSSR count). The lowest BCUT2D eigenvalue weighted by Gasteiger charge is -2.25. The van der Waals surface area contributed by atoms with Gasteiger partial charge in [0.1, 0.15) is 6.33 Å². The minimum absolute atomic E-state index is 0.407. The Morgan fingerprint density at radius 3 is 3.00 bits per heavy atom. The van der Waals surface area contributed by atoms with Crippen LogP contribution in [-0.2, 0) is 0 Å². The zero-order valence-electron chi connectivity index (χ0n) is 11.9. The average Bonchev–Trinajstić information content (AvgIpc) is 3.17. The standard InChI is InChI=1S/C14H20N6/c1-11(19-7-6-13(9-19)15-2)12-4-3-5-14(8-12)20-10-16-17-18-20/h3-5,8,10-11,13,15H,6-7,9H2,1-2H3. The molecule has 1 aromatic heterocycles. The molecule has 0 amide bonds. The Balaban J connectivity index is 1.78. The summed E-state index contributed by atoms with van der Waals surface area (Å²) < 4.78 is 1.69. The summed E-state index contributed by atoms with van der Waals surface area (Å²) in [4.78, 5) is 2.51. The third kappa shape index (κ3) is 2.57. The third-order valence-corrected chi connectivity index (χ3v) is 4.14. The van der Waals surface area contributed by atoms with Gasteiger partial charge in [0.25, 0.3) is 0 Å². The Labute approximate surface area is 118 Å². The molecule has 2 unspecified atom stereocenters. The molecule has 1 aliphatic rings. The molecule has 1 saturated heterocycles. The van der Waals surface area contributed by atoms with Gasteiger partial charge in [-0.1, -0.05) is 12.1 Å². The van der Waals surface area contributed by atoms with E-state index in [1.54, 1.807) is 11.0 Å². The number of rotatable bonds is 4. The molecule has 0 radical (unpaired) electrons. The predicted molar refractivity (Wildman–Crippen MR) is 76.6 cm³/mol. The van der Waals surface area contributed by atoms with E-state index in [1.807, 2.05) is 13.1 Å². The lowest BCUT2D eigenvalue weighted by atomic mass is 10.1. The van der Waals surface area contributed by atoms with Gasteiger partial charge in [-0.25, -0.2) is 4.68 Å². The largest absolute Gasteiger partial charge is 0.316 e. The number of nitrogens with one attached hydrogen (secondary N) is 1. The van der Waals surface area contributed by atoms with E-state index in [9.17, 15) is 0 Å². The van der Waals surface area contributed by atoms with Crippen molar-refractivity contribution in [3.8, 4) is 5.69 Å². The number of benzene rings is 1. The molecular weight excluding hydrogens is 252 g/mol. The van der Waals surface area contributed by atoms with E-state index in [-0.39, 0.29) is 0 Å². The van der Waals surface area contributed by atoms with Crippen molar-refractivity contribution in [3.63, 3.8) is 0 Å². The first-order valence-electron chi connectivity index (χ1n) is 7.02. The van der Waals surface area contributed by atoms with Crippen LogP contribution in [0.2, 0.25) is 0 Å². The average molecular weight is 272 g/mol. The van der Waals surface area contributed by atoms with Gasteiger partial charge in [-0.15, -0.1) is 5.10 Å². The van der Waals surface area contributed by atoms with E-state index in [0.717, 1.165) is 18.8 Å². The smallest absolute Gasteiger partial charge is 0.143 e. The molecule has 1 aliphatic heterocycles. The van der Waals surface area contributed by atoms with E-state index < -0.39 is 0 Å². The van der Waals surface area contributed by atoms with Crippen molar-refractivity contribution in [1.29, 1.82) is 0 Å². The van der Waals surface area contributed by atoms with Crippen molar-refractivity contribution in [2.24, 2.45) is 0 Å². The van der Waals surface area contributed by atoms with E-state index in [1.165, 1.54) is 12.0 Å². The summed E-state index contributed by atoms with van der Waals surface area (Å²) in [5.41, 5.74) is 2.30. The van der Waals surface area contributed by atoms with Crippen LogP contribution in [0.3, 0.4) is 0 Å². The second kappa shape index (κ2) is 5.68. The van der Waals surface area contributed by atoms with E-state index in [4.69, 9.17) is 0 Å². The molecular formula is C14H20N6. The van der Waals surface area contributed by atoms with Gasteiger partial charge in [0.05, 0.1) is 5.69 Å². The monoisotopic (exact) mass is 272 g/mol. The summed E-state index contributed by atoms with van der Waals surface area (Å²) in [7, 11) is 2.04. The summed E-state index contributed by atoms with van der Waals surface area (Å²) in [6, 6.07) is 9.44. The van der Waals surface area contributed by atoms with Crippen LogP contribution in [0.25, 0.3) is 5.69 Å². The van der Waals surface area contributed by atoms with Crippen molar-refractivity contribution in [1.82, 2.24) is 30.4 Å². The number of likely N-dealkylation sites (N-methyl/N-ethyl adjacent to an activating group) is 1. The van der Waals surface area contributed by atoms with E-state index in [2.05, 4.69) is 50.9 Å². The summed E-state index contributed by atoms with van der Waals surface area (Å²) in [6.07, 6.45) is 2.84. The van der Waals surface area contributed by atoms with Gasteiger partial charge in [-0.3, -0.25) is 4.90 Å². The topological polar surface area (TPSA) is 58.9 Å². The zero-order valence-corrected chi connectivity index (χ0v) is 11.9. The zero-order chi connectivity index (χ0) is 13.9. The summed E-state index contributed by atoms with van der Waals surface area (Å²) in [5.74, 6) is 0. The van der Waals surface area contributed by atoms with Gasteiger partial charge in [-0.2, -0.15) is 0 Å². The minimum Gasteiger partial charge on any atom is -0.316 e. The van der Waals surface area contributed by atoms with Gasteiger partial charge in [0, 0.05) is 25.2 Å². The van der Waals surface area contributed by atoms with Crippen LogP contribution in [-0.4, -0.2) is 51.3 Å². The molecule has 1 fully saturated rings. The second-order valence-electron chi connectivity index (χ2n) is 5.29. The van der Waals surface area contributed by atoms with Crippen LogP contribution in [0.1, 0.15) is 24.9 Å². The Bertz CT molecular complexity index is 553. The van der Waals surface area contributed by atoms with Crippen LogP contribution in [0, 0.1) is 0 Å². The molecule has 2 heterocycles. The number of likely N-dealkylation sites (tertiary alicyclic amines) is 1. The third-order valence-electron chi connectivity index (χ3n) is 4.14. The van der Waals surface area contributed by atoms with Crippen molar-refractivity contribution in [3.05, 3.63) is 36.2 Å². The first-order valence-corrected chi connectivity index (χ1v) is 7.02. The lowest BCUT2D eigenvalue weighted by molar-refractivity contribution is 0.257. The van der Waals surface area contributed by atoms with Gasteiger partial charge in [0.15, 0.2) is 0 Å². The molecule has 106 valence electrons. The maximum Gasteiger partial charge on any atom is 0.143 e. The number of hydrogen-bond acceptors (Lipinski definition) is 5. The maximum absolute atomic E-state index is 3.94. The normalized spacial score (nSPS) is 21.2. The molecule has 1 aromatic carbocycles. The van der Waals surface area contributed by atoms with Gasteiger partial charge >= 0.3 is 0 Å². The van der Waals surface area contributed by atoms with Crippen molar-refractivity contribution in [2.45, 2.75) is 25.4 Å². The number of aromatic nitrogens is 4. The molecule has 0 aliphatic carbocycles. The first-order chi connectivity index (χ1) is 9.78. The summed E-state index contributed by atoms with van der Waals surface area (Å²) >= 11 is 0. The highest BCUT2D eigenvalue weighted by Crippen LogP contribution is 2.25. The number of tetrazole rings is 1. The molecule has 6 heteroatoms. The Morgan fingerprint density at radius 1 is 1.40 bits per heavy atom. The second-order valence-corrected chi connectivity index (χ2v) is 5.29. The highest BCUT2D eigenvalue weighted by atomic mass is 15.5. The van der Waals surface area contributed by atoms with Crippen LogP contribution >= 0.6 is 0 Å². The highest BCUT2D eigenvalue weighted by Gasteiger charge is 2.25. The Hall–Kier alpha value is -1.79. The van der Waals surface area contributed by atoms with Crippen molar-refractivity contribution in [2.75, 3.05) is 20.1 Å². The Kier molecular flexibility index (Phi) is 3.75. The number of nitrogens with zero attached hydrogens (tertiary/aromatic N) is 5. The van der Waals surface area contributed by atoms with Crippen LogP contribution in [0.4, 0.5) is 0 Å². The van der Waals surface area contributed by atoms with Crippen LogP contribution in [0.15, 0.2) is 30.6 Å². The molecule has 0 saturated carbocycles. The van der Waals surface area contributed by atoms with E-state index in [0.29, 0.717) is 12.1 Å². The molecule has 2 atom stereocenters. The highest BCUT2D eigenvalue weighted by molar-refractivity contribution is 5.35. The summed E-state index contributed by atoms with van der Waals surface area (Å²) in [6.45, 7) is 4.51. The fourth-order valence-corrected chi connectivity index (χ4v) is 2.79.